The van der Waals surface area contributed by atoms with Gasteiger partial charge in [0.2, 0.25) is 17.7 Å². The average Bonchev–Trinajstić information content (AvgIpc) is 3.11. The lowest BCUT2D eigenvalue weighted by Crippen LogP contribution is -2.52. The van der Waals surface area contributed by atoms with Gasteiger partial charge in [0.15, 0.2) is 0 Å². The minimum atomic E-state index is -0.329. The summed E-state index contributed by atoms with van der Waals surface area (Å²) in [5.41, 5.74) is 0.597. The number of hydrogen-bond donors (Lipinski definition) is 0. The highest BCUT2D eigenvalue weighted by Gasteiger charge is 2.32. The number of rotatable bonds is 3. The van der Waals surface area contributed by atoms with Crippen molar-refractivity contribution in [1.29, 1.82) is 0 Å². The standard InChI is InChI=1S/C19H26N4O2/c1-14(16-20-21-17(25-16)15-8-6-5-7-9-15)22-10-12-23(13-11-22)18(24)19(2,3)4/h5-9,14H,10-13H2,1-4H3. The van der Waals surface area contributed by atoms with Crippen LogP contribution >= 0.6 is 0 Å². The van der Waals surface area contributed by atoms with Crippen LogP contribution in [0.3, 0.4) is 0 Å². The maximum atomic E-state index is 12.4. The predicted molar refractivity (Wildman–Crippen MR) is 95.8 cm³/mol. The number of nitrogens with zero attached hydrogens (tertiary/aromatic N) is 4. The molecule has 6 heteroatoms. The van der Waals surface area contributed by atoms with Gasteiger partial charge < -0.3 is 9.32 Å². The normalized spacial score (nSPS) is 17.5. The molecule has 1 aromatic carbocycles. The van der Waals surface area contributed by atoms with Gasteiger partial charge in [-0.25, -0.2) is 0 Å². The van der Waals surface area contributed by atoms with Crippen LogP contribution < -0.4 is 0 Å². The number of aromatic nitrogens is 2. The van der Waals surface area contributed by atoms with E-state index in [4.69, 9.17) is 4.42 Å². The van der Waals surface area contributed by atoms with Crippen molar-refractivity contribution in [1.82, 2.24) is 20.0 Å². The van der Waals surface area contributed by atoms with Gasteiger partial charge in [-0.05, 0) is 19.1 Å². The number of carbonyl (C=O) groups is 1. The summed E-state index contributed by atoms with van der Waals surface area (Å²) in [6.07, 6.45) is 0. The summed E-state index contributed by atoms with van der Waals surface area (Å²) in [7, 11) is 0. The second-order valence-electron chi connectivity index (χ2n) is 7.57. The fraction of sp³-hybridized carbons (Fsp3) is 0.526. The Morgan fingerprint density at radius 2 is 1.72 bits per heavy atom. The highest BCUT2D eigenvalue weighted by atomic mass is 16.4. The summed E-state index contributed by atoms with van der Waals surface area (Å²) in [6.45, 7) is 11.1. The van der Waals surface area contributed by atoms with E-state index in [-0.39, 0.29) is 17.4 Å². The van der Waals surface area contributed by atoms with Gasteiger partial charge in [0.25, 0.3) is 0 Å². The minimum absolute atomic E-state index is 0.0388. The summed E-state index contributed by atoms with van der Waals surface area (Å²) in [5, 5.41) is 8.39. The third-order valence-electron chi connectivity index (χ3n) is 4.61. The van der Waals surface area contributed by atoms with Crippen molar-refractivity contribution in [2.24, 2.45) is 5.41 Å². The van der Waals surface area contributed by atoms with Crippen LogP contribution in [0, 0.1) is 5.41 Å². The molecule has 0 bridgehead atoms. The van der Waals surface area contributed by atoms with Crippen LogP contribution in [0.5, 0.6) is 0 Å². The van der Waals surface area contributed by atoms with Crippen molar-refractivity contribution in [3.8, 4) is 11.5 Å². The molecule has 3 rings (SSSR count). The molecule has 134 valence electrons. The molecule has 1 aromatic heterocycles. The zero-order chi connectivity index (χ0) is 18.0. The Balaban J connectivity index is 1.63. The largest absolute Gasteiger partial charge is 0.419 e. The first-order valence-corrected chi connectivity index (χ1v) is 8.78. The molecule has 1 unspecified atom stereocenters. The Hall–Kier alpha value is -2.21. The first-order valence-electron chi connectivity index (χ1n) is 8.78. The lowest BCUT2D eigenvalue weighted by atomic mass is 9.94. The highest BCUT2D eigenvalue weighted by molar-refractivity contribution is 5.81. The first-order chi connectivity index (χ1) is 11.9. The Kier molecular flexibility index (Phi) is 4.90. The summed E-state index contributed by atoms with van der Waals surface area (Å²) in [4.78, 5) is 16.6. The van der Waals surface area contributed by atoms with Crippen LogP contribution in [0.15, 0.2) is 34.7 Å². The first kappa shape index (κ1) is 17.6. The van der Waals surface area contributed by atoms with Crippen molar-refractivity contribution >= 4 is 5.91 Å². The van der Waals surface area contributed by atoms with Gasteiger partial charge in [-0.15, -0.1) is 10.2 Å². The van der Waals surface area contributed by atoms with Crippen LogP contribution in [0.4, 0.5) is 0 Å². The van der Waals surface area contributed by atoms with E-state index in [1.165, 1.54) is 0 Å². The molecule has 6 nitrogen and oxygen atoms in total. The fourth-order valence-electron chi connectivity index (χ4n) is 3.04. The van der Waals surface area contributed by atoms with Crippen LogP contribution in [-0.2, 0) is 4.79 Å². The third kappa shape index (κ3) is 3.90. The highest BCUT2D eigenvalue weighted by Crippen LogP contribution is 2.25. The van der Waals surface area contributed by atoms with Crippen molar-refractivity contribution in [3.05, 3.63) is 36.2 Å². The van der Waals surface area contributed by atoms with Crippen molar-refractivity contribution in [2.75, 3.05) is 26.2 Å². The van der Waals surface area contributed by atoms with E-state index < -0.39 is 0 Å². The second-order valence-corrected chi connectivity index (χ2v) is 7.57. The second kappa shape index (κ2) is 6.96. The number of carbonyl (C=O) groups excluding carboxylic acids is 1. The van der Waals surface area contributed by atoms with E-state index in [1.807, 2.05) is 56.0 Å². The quantitative estimate of drug-likeness (QED) is 0.858. The number of benzene rings is 1. The zero-order valence-electron chi connectivity index (χ0n) is 15.4. The molecule has 0 saturated carbocycles. The van der Waals surface area contributed by atoms with Crippen LogP contribution in [0.2, 0.25) is 0 Å². The molecule has 0 radical (unpaired) electrons. The van der Waals surface area contributed by atoms with E-state index in [2.05, 4.69) is 22.0 Å². The summed E-state index contributed by atoms with van der Waals surface area (Å²) >= 11 is 0. The van der Waals surface area contributed by atoms with Gasteiger partial charge in [0.05, 0.1) is 6.04 Å². The topological polar surface area (TPSA) is 62.5 Å². The molecule has 0 N–H and O–H groups in total. The summed E-state index contributed by atoms with van der Waals surface area (Å²) in [5.74, 6) is 1.38. The van der Waals surface area contributed by atoms with E-state index in [9.17, 15) is 4.79 Å². The monoisotopic (exact) mass is 342 g/mol. The molecule has 1 aliphatic heterocycles. The SMILES string of the molecule is CC(c1nnc(-c2ccccc2)o1)N1CCN(C(=O)C(C)(C)C)CC1. The van der Waals surface area contributed by atoms with Crippen LogP contribution in [0.1, 0.15) is 39.6 Å². The van der Waals surface area contributed by atoms with Crippen LogP contribution in [0.25, 0.3) is 11.5 Å². The summed E-state index contributed by atoms with van der Waals surface area (Å²) < 4.78 is 5.87. The average molecular weight is 342 g/mol. The molecule has 0 spiro atoms. The molecular weight excluding hydrogens is 316 g/mol. The molecule has 1 saturated heterocycles. The maximum Gasteiger partial charge on any atom is 0.247 e. The molecule has 2 aromatic rings. The molecule has 2 heterocycles. The smallest absolute Gasteiger partial charge is 0.247 e. The van der Waals surface area contributed by atoms with Gasteiger partial charge in [0.1, 0.15) is 0 Å². The molecule has 0 aliphatic carbocycles. The van der Waals surface area contributed by atoms with Gasteiger partial charge in [-0.1, -0.05) is 39.0 Å². The lowest BCUT2D eigenvalue weighted by molar-refractivity contribution is -0.141. The molecule has 25 heavy (non-hydrogen) atoms. The van der Waals surface area contributed by atoms with Gasteiger partial charge in [-0.2, -0.15) is 0 Å². The Bertz CT molecular complexity index is 713. The Labute approximate surface area is 148 Å². The number of piperazine rings is 1. The Morgan fingerprint density at radius 1 is 1.08 bits per heavy atom. The van der Waals surface area contributed by atoms with Gasteiger partial charge >= 0.3 is 0 Å². The summed E-state index contributed by atoms with van der Waals surface area (Å²) in [6, 6.07) is 9.82. The van der Waals surface area contributed by atoms with Crippen molar-refractivity contribution in [3.63, 3.8) is 0 Å². The van der Waals surface area contributed by atoms with E-state index in [1.54, 1.807) is 0 Å². The van der Waals surface area contributed by atoms with E-state index in [0.717, 1.165) is 31.7 Å². The van der Waals surface area contributed by atoms with Gasteiger partial charge in [0, 0.05) is 37.2 Å². The van der Waals surface area contributed by atoms with Crippen molar-refractivity contribution < 1.29 is 9.21 Å². The van der Waals surface area contributed by atoms with Crippen molar-refractivity contribution in [2.45, 2.75) is 33.7 Å². The van der Waals surface area contributed by atoms with Crippen LogP contribution in [-0.4, -0.2) is 52.1 Å². The minimum Gasteiger partial charge on any atom is -0.419 e. The molecule has 1 fully saturated rings. The number of hydrogen-bond acceptors (Lipinski definition) is 5. The van der Waals surface area contributed by atoms with E-state index in [0.29, 0.717) is 11.8 Å². The molecule has 1 amide bonds. The Morgan fingerprint density at radius 3 is 2.32 bits per heavy atom. The predicted octanol–water partition coefficient (Wildman–Crippen LogP) is 2.99. The molecular formula is C19H26N4O2. The maximum absolute atomic E-state index is 12.4. The number of amides is 1. The van der Waals surface area contributed by atoms with Gasteiger partial charge in [-0.3, -0.25) is 9.69 Å². The molecule has 1 atom stereocenters. The lowest BCUT2D eigenvalue weighted by Gasteiger charge is -2.39. The molecule has 1 aliphatic rings. The fourth-order valence-corrected chi connectivity index (χ4v) is 3.04. The van der Waals surface area contributed by atoms with E-state index >= 15 is 0 Å². The zero-order valence-corrected chi connectivity index (χ0v) is 15.4. The third-order valence-corrected chi connectivity index (χ3v) is 4.61.